The van der Waals surface area contributed by atoms with Crippen molar-refractivity contribution in [2.24, 2.45) is 4.99 Å². The molecular formula is C21H22N4O5S2. The lowest BCUT2D eigenvalue weighted by molar-refractivity contribution is 0.0518. The maximum Gasteiger partial charge on any atom is 0.289 e. The Morgan fingerprint density at radius 3 is 2.31 bits per heavy atom. The van der Waals surface area contributed by atoms with Gasteiger partial charge in [0.25, 0.3) is 11.8 Å². The third-order valence-electron chi connectivity index (χ3n) is 5.79. The van der Waals surface area contributed by atoms with Gasteiger partial charge >= 0.3 is 0 Å². The summed E-state index contributed by atoms with van der Waals surface area (Å²) in [5.41, 5.74) is 1.37. The molecule has 0 saturated carbocycles. The lowest BCUT2D eigenvalue weighted by Gasteiger charge is -2.34. The fourth-order valence-corrected chi connectivity index (χ4v) is 7.76. The summed E-state index contributed by atoms with van der Waals surface area (Å²) in [4.78, 5) is 33.1. The van der Waals surface area contributed by atoms with Crippen molar-refractivity contribution in [2.75, 3.05) is 43.0 Å². The molecule has 4 heterocycles. The quantitative estimate of drug-likeness (QED) is 0.718. The fraction of sp³-hybridized carbons (Fsp3) is 0.381. The highest BCUT2D eigenvalue weighted by Crippen LogP contribution is 2.34. The second kappa shape index (κ2) is 8.28. The number of hydrogen-bond donors (Lipinski definition) is 1. The number of fused-ring (bicyclic) bond motifs is 1. The smallest absolute Gasteiger partial charge is 0.289 e. The Labute approximate surface area is 189 Å². The van der Waals surface area contributed by atoms with Crippen LogP contribution in [0.5, 0.6) is 0 Å². The number of aliphatic imine (C=N–C) groups is 1. The molecular weight excluding hydrogens is 452 g/mol. The minimum atomic E-state index is -2.97. The SMILES string of the molecule is O=C(c1ccc(NC2=N[C@@H]3CS(=O)(=O)C[C@@H]3S2)cc1)N1CCN(C(=O)c2ccco2)CC1. The van der Waals surface area contributed by atoms with Gasteiger partial charge in [-0.05, 0) is 36.4 Å². The van der Waals surface area contributed by atoms with Crippen LogP contribution in [-0.2, 0) is 9.84 Å². The number of piperazine rings is 1. The number of amidine groups is 1. The van der Waals surface area contributed by atoms with Crippen molar-refractivity contribution in [1.29, 1.82) is 0 Å². The molecule has 5 rings (SSSR count). The van der Waals surface area contributed by atoms with E-state index >= 15 is 0 Å². The Balaban J connectivity index is 1.15. The lowest BCUT2D eigenvalue weighted by atomic mass is 10.1. The molecule has 0 unspecified atom stereocenters. The Bertz CT molecular complexity index is 1150. The van der Waals surface area contributed by atoms with Crippen LogP contribution in [0.15, 0.2) is 52.1 Å². The van der Waals surface area contributed by atoms with E-state index in [9.17, 15) is 18.0 Å². The molecule has 1 aromatic carbocycles. The van der Waals surface area contributed by atoms with Crippen LogP contribution in [0.3, 0.4) is 0 Å². The van der Waals surface area contributed by atoms with Gasteiger partial charge in [0.15, 0.2) is 20.8 Å². The minimum absolute atomic E-state index is 0.0123. The third-order valence-corrected chi connectivity index (χ3v) is 8.93. The number of amides is 2. The monoisotopic (exact) mass is 474 g/mol. The van der Waals surface area contributed by atoms with Gasteiger partial charge in [0, 0.05) is 42.7 Å². The molecule has 2 aromatic rings. The number of nitrogens with one attached hydrogen (secondary N) is 1. The van der Waals surface area contributed by atoms with Gasteiger partial charge in [-0.2, -0.15) is 0 Å². The topological polar surface area (TPSA) is 112 Å². The molecule has 0 bridgehead atoms. The minimum Gasteiger partial charge on any atom is -0.459 e. The van der Waals surface area contributed by atoms with Crippen LogP contribution in [-0.4, -0.2) is 84.2 Å². The molecule has 3 aliphatic rings. The first-order valence-corrected chi connectivity index (χ1v) is 13.0. The maximum absolute atomic E-state index is 12.9. The van der Waals surface area contributed by atoms with Crippen molar-refractivity contribution in [2.45, 2.75) is 11.3 Å². The lowest BCUT2D eigenvalue weighted by Crippen LogP contribution is -2.50. The Morgan fingerprint density at radius 2 is 1.69 bits per heavy atom. The number of furan rings is 1. The van der Waals surface area contributed by atoms with Crippen LogP contribution in [0, 0.1) is 0 Å². The predicted molar refractivity (Wildman–Crippen MR) is 122 cm³/mol. The van der Waals surface area contributed by atoms with Crippen molar-refractivity contribution in [3.05, 3.63) is 54.0 Å². The van der Waals surface area contributed by atoms with E-state index in [2.05, 4.69) is 10.3 Å². The summed E-state index contributed by atoms with van der Waals surface area (Å²) in [5, 5.41) is 3.92. The van der Waals surface area contributed by atoms with E-state index < -0.39 is 9.84 Å². The van der Waals surface area contributed by atoms with Crippen molar-refractivity contribution in [3.8, 4) is 0 Å². The van der Waals surface area contributed by atoms with Gasteiger partial charge in [-0.25, -0.2) is 8.42 Å². The van der Waals surface area contributed by atoms with Crippen molar-refractivity contribution >= 4 is 44.3 Å². The highest BCUT2D eigenvalue weighted by Gasteiger charge is 2.42. The van der Waals surface area contributed by atoms with Crippen LogP contribution in [0.1, 0.15) is 20.9 Å². The number of carbonyl (C=O) groups excluding carboxylic acids is 2. The predicted octanol–water partition coefficient (Wildman–Crippen LogP) is 1.56. The molecule has 2 atom stereocenters. The normalized spacial score (nSPS) is 24.2. The molecule has 1 aromatic heterocycles. The summed E-state index contributed by atoms with van der Waals surface area (Å²) in [6, 6.07) is 10.3. The zero-order valence-corrected chi connectivity index (χ0v) is 18.8. The molecule has 0 aliphatic carbocycles. The van der Waals surface area contributed by atoms with Crippen molar-refractivity contribution in [3.63, 3.8) is 0 Å². The van der Waals surface area contributed by atoms with Gasteiger partial charge < -0.3 is 19.5 Å². The van der Waals surface area contributed by atoms with Gasteiger partial charge in [0.1, 0.15) is 0 Å². The first-order valence-electron chi connectivity index (χ1n) is 10.3. The number of thioether (sulfide) groups is 1. The van der Waals surface area contributed by atoms with E-state index in [0.29, 0.717) is 42.7 Å². The number of rotatable bonds is 3. The molecule has 11 heteroatoms. The summed E-state index contributed by atoms with van der Waals surface area (Å²) >= 11 is 1.46. The molecule has 32 heavy (non-hydrogen) atoms. The second-order valence-electron chi connectivity index (χ2n) is 8.00. The number of carbonyl (C=O) groups is 2. The average molecular weight is 475 g/mol. The van der Waals surface area contributed by atoms with Crippen LogP contribution in [0.25, 0.3) is 0 Å². The van der Waals surface area contributed by atoms with E-state index in [-0.39, 0.29) is 34.6 Å². The summed E-state index contributed by atoms with van der Waals surface area (Å²) < 4.78 is 28.5. The number of benzene rings is 1. The van der Waals surface area contributed by atoms with Crippen molar-refractivity contribution in [1.82, 2.24) is 9.80 Å². The van der Waals surface area contributed by atoms with Gasteiger partial charge in [0.05, 0.1) is 23.8 Å². The second-order valence-corrected chi connectivity index (χ2v) is 11.4. The standard InChI is InChI=1S/C21H22N4O5S2/c26-19(24-7-9-25(10-8-24)20(27)17-2-1-11-30-17)14-3-5-15(6-4-14)22-21-23-16-12-32(28,29)13-18(16)31-21/h1-6,11,16,18H,7-10,12-13H2,(H,22,23)/t16-,18+/m1/s1. The van der Waals surface area contributed by atoms with Crippen LogP contribution >= 0.6 is 11.8 Å². The molecule has 9 nitrogen and oxygen atoms in total. The number of nitrogens with zero attached hydrogens (tertiary/aromatic N) is 3. The first-order chi connectivity index (χ1) is 15.4. The fourth-order valence-electron chi connectivity index (χ4n) is 4.09. The largest absolute Gasteiger partial charge is 0.459 e. The zero-order chi connectivity index (χ0) is 22.3. The van der Waals surface area contributed by atoms with Gasteiger partial charge in [0.2, 0.25) is 0 Å². The summed E-state index contributed by atoms with van der Waals surface area (Å²) in [7, 11) is -2.97. The summed E-state index contributed by atoms with van der Waals surface area (Å²) in [6.07, 6.45) is 1.47. The molecule has 2 fully saturated rings. The zero-order valence-electron chi connectivity index (χ0n) is 17.1. The highest BCUT2D eigenvalue weighted by molar-refractivity contribution is 8.15. The number of anilines is 1. The van der Waals surface area contributed by atoms with E-state index in [0.717, 1.165) is 5.69 Å². The Kier molecular flexibility index (Phi) is 5.46. The molecule has 0 spiro atoms. The van der Waals surface area contributed by atoms with E-state index in [4.69, 9.17) is 4.42 Å². The summed E-state index contributed by atoms with van der Waals surface area (Å²) in [5.74, 6) is 0.359. The van der Waals surface area contributed by atoms with E-state index in [1.54, 1.807) is 34.1 Å². The Morgan fingerprint density at radius 1 is 1.00 bits per heavy atom. The van der Waals surface area contributed by atoms with Crippen LogP contribution in [0.4, 0.5) is 5.69 Å². The molecule has 2 saturated heterocycles. The van der Waals surface area contributed by atoms with Gasteiger partial charge in [-0.1, -0.05) is 11.8 Å². The van der Waals surface area contributed by atoms with E-state index in [1.807, 2.05) is 12.1 Å². The third kappa shape index (κ3) is 4.26. The van der Waals surface area contributed by atoms with Crippen molar-refractivity contribution < 1.29 is 22.4 Å². The molecule has 0 radical (unpaired) electrons. The summed E-state index contributed by atoms with van der Waals surface area (Å²) in [6.45, 7) is 1.84. The maximum atomic E-state index is 12.9. The number of sulfone groups is 1. The number of hydrogen-bond acceptors (Lipinski definition) is 8. The van der Waals surface area contributed by atoms with Crippen LogP contribution < -0.4 is 5.32 Å². The van der Waals surface area contributed by atoms with Gasteiger partial charge in [-0.15, -0.1) is 0 Å². The molecule has 1 N–H and O–H groups in total. The molecule has 168 valence electrons. The average Bonchev–Trinajstić information content (AvgIpc) is 3.49. The first kappa shape index (κ1) is 21.1. The highest BCUT2D eigenvalue weighted by atomic mass is 32.2. The molecule has 2 amide bonds. The van der Waals surface area contributed by atoms with E-state index in [1.165, 1.54) is 18.0 Å². The Hall–Kier alpha value is -2.79. The van der Waals surface area contributed by atoms with Crippen LogP contribution in [0.2, 0.25) is 0 Å². The van der Waals surface area contributed by atoms with Gasteiger partial charge in [-0.3, -0.25) is 14.6 Å². The molecule has 3 aliphatic heterocycles.